The first kappa shape index (κ1) is 90.8. The van der Waals surface area contributed by atoms with Gasteiger partial charge in [0.2, 0.25) is 0 Å². The number of phosphoric ester groups is 2. The van der Waals surface area contributed by atoms with Gasteiger partial charge in [0.15, 0.2) is 12.2 Å². The average molecular weight is 1370 g/mol. The highest BCUT2D eigenvalue weighted by atomic mass is 31.2. The quantitative estimate of drug-likeness (QED) is 0.0169. The van der Waals surface area contributed by atoms with Gasteiger partial charge >= 0.3 is 39.5 Å². The third-order valence-corrected chi connectivity index (χ3v) is 17.9. The molecule has 0 aliphatic carbocycles. The van der Waals surface area contributed by atoms with E-state index in [4.69, 9.17) is 37.0 Å². The lowest BCUT2D eigenvalue weighted by molar-refractivity contribution is -0.161. The lowest BCUT2D eigenvalue weighted by Gasteiger charge is -2.21. The second-order valence-corrected chi connectivity index (χ2v) is 28.1. The number of aliphatic hydroxyl groups is 1. The van der Waals surface area contributed by atoms with Gasteiger partial charge in [-0.25, -0.2) is 9.13 Å². The zero-order valence-corrected chi connectivity index (χ0v) is 61.4. The highest BCUT2D eigenvalue weighted by Gasteiger charge is 2.30. The molecule has 94 heavy (non-hydrogen) atoms. The van der Waals surface area contributed by atoms with E-state index in [1.165, 1.54) is 116 Å². The summed E-state index contributed by atoms with van der Waals surface area (Å²) in [6.45, 7) is 4.74. The molecule has 0 amide bonds. The van der Waals surface area contributed by atoms with Gasteiger partial charge in [-0.15, -0.1) is 0 Å². The molecule has 0 bridgehead atoms. The molecule has 0 aromatic carbocycles. The molecule has 0 aliphatic heterocycles. The summed E-state index contributed by atoms with van der Waals surface area (Å²) < 4.78 is 68.4. The summed E-state index contributed by atoms with van der Waals surface area (Å²) in [5.74, 6) is -2.18. The minimum atomic E-state index is -4.97. The van der Waals surface area contributed by atoms with Crippen molar-refractivity contribution < 1.29 is 80.2 Å². The van der Waals surface area contributed by atoms with E-state index in [1.54, 1.807) is 0 Å². The normalized spacial score (nSPS) is 14.3. The van der Waals surface area contributed by atoms with Crippen LogP contribution in [0.25, 0.3) is 0 Å². The molecule has 0 radical (unpaired) electrons. The number of aliphatic hydroxyl groups excluding tert-OH is 1. The van der Waals surface area contributed by atoms with Crippen molar-refractivity contribution in [1.29, 1.82) is 0 Å². The van der Waals surface area contributed by atoms with E-state index in [1.807, 2.05) is 0 Å². The lowest BCUT2D eigenvalue weighted by Crippen LogP contribution is -2.30. The molecule has 0 aromatic heterocycles. The van der Waals surface area contributed by atoms with Crippen LogP contribution < -0.4 is 0 Å². The number of rotatable bonds is 71. The third kappa shape index (κ3) is 67.3. The molecule has 3 N–H and O–H groups in total. The molecule has 0 heterocycles. The van der Waals surface area contributed by atoms with Crippen LogP contribution in [0.4, 0.5) is 0 Å². The third-order valence-electron chi connectivity index (χ3n) is 16.0. The molecule has 548 valence electrons. The summed E-state index contributed by atoms with van der Waals surface area (Å²) >= 11 is 0. The molecule has 0 spiro atoms. The Hall–Kier alpha value is -3.24. The monoisotopic (exact) mass is 1370 g/mol. The second kappa shape index (κ2) is 68.3. The number of carbonyl (C=O) groups is 4. The summed E-state index contributed by atoms with van der Waals surface area (Å²) in [7, 11) is -9.93. The van der Waals surface area contributed by atoms with E-state index in [9.17, 15) is 43.2 Å². The molecule has 0 aliphatic rings. The van der Waals surface area contributed by atoms with Crippen LogP contribution >= 0.6 is 15.6 Å². The number of ether oxygens (including phenoxy) is 4. The Morgan fingerprint density at radius 1 is 0.309 bits per heavy atom. The number of allylic oxidation sites excluding steroid dienone is 10. The number of esters is 4. The summed E-state index contributed by atoms with van der Waals surface area (Å²) in [5, 5.41) is 10.6. The molecule has 5 unspecified atom stereocenters. The van der Waals surface area contributed by atoms with Crippen LogP contribution in [0.15, 0.2) is 60.8 Å². The first-order valence-electron chi connectivity index (χ1n) is 37.5. The molecule has 0 rings (SSSR count). The van der Waals surface area contributed by atoms with Gasteiger partial charge in [-0.1, -0.05) is 281 Å². The van der Waals surface area contributed by atoms with Gasteiger partial charge in [0.25, 0.3) is 0 Å². The van der Waals surface area contributed by atoms with Crippen molar-refractivity contribution in [2.45, 2.75) is 354 Å². The topological polar surface area (TPSA) is 237 Å². The number of phosphoric acid groups is 2. The number of carbonyl (C=O) groups excluding carboxylic acids is 4. The highest BCUT2D eigenvalue weighted by molar-refractivity contribution is 7.47. The maximum Gasteiger partial charge on any atom is 0.472 e. The first-order chi connectivity index (χ1) is 45.7. The van der Waals surface area contributed by atoms with Gasteiger partial charge < -0.3 is 33.8 Å². The van der Waals surface area contributed by atoms with E-state index >= 15 is 0 Å². The van der Waals surface area contributed by atoms with Crippen LogP contribution in [0.3, 0.4) is 0 Å². The van der Waals surface area contributed by atoms with Crippen molar-refractivity contribution >= 4 is 39.5 Å². The van der Waals surface area contributed by atoms with Crippen LogP contribution in [-0.2, 0) is 65.4 Å². The van der Waals surface area contributed by atoms with Gasteiger partial charge in [0.05, 0.1) is 26.4 Å². The molecule has 0 saturated heterocycles. The van der Waals surface area contributed by atoms with Crippen LogP contribution in [0.5, 0.6) is 0 Å². The van der Waals surface area contributed by atoms with Crippen molar-refractivity contribution in [3.8, 4) is 0 Å². The van der Waals surface area contributed by atoms with Crippen LogP contribution in [0.1, 0.15) is 336 Å². The smallest absolute Gasteiger partial charge is 0.462 e. The Morgan fingerprint density at radius 2 is 0.553 bits per heavy atom. The van der Waals surface area contributed by atoms with Crippen LogP contribution in [0, 0.1) is 0 Å². The van der Waals surface area contributed by atoms with Crippen molar-refractivity contribution in [1.82, 2.24) is 0 Å². The summed E-state index contributed by atoms with van der Waals surface area (Å²) in [4.78, 5) is 72.7. The Kier molecular flexibility index (Phi) is 65.9. The van der Waals surface area contributed by atoms with E-state index in [0.717, 1.165) is 141 Å². The standard InChI is InChI=1S/C75H136O17P2/c1-5-9-13-17-21-25-29-32-33-34-35-38-41-44-48-52-56-60-73(78)86-65-70(91-74(79)61-57-53-49-45-39-28-24-20-16-12-8-4)67-89-93(81,82)87-63-69(76)64-88-94(83,84)90-68-71(92-75(80)62-58-54-50-46-42-37-31-27-23-19-15-11-7-3)66-85-72(77)59-55-51-47-43-40-36-30-26-22-18-14-10-6-2/h9,13,21,25-26,30,32-33,35,38,69-71,76H,5-8,10-12,14-20,22-24,27-29,31,34,36-37,39-68H2,1-4H3,(H,81,82)(H,83,84)/b13-9-,25-21-,30-26-,33-32-,38-35-. The van der Waals surface area contributed by atoms with Gasteiger partial charge in [0.1, 0.15) is 19.3 Å². The fourth-order valence-corrected chi connectivity index (χ4v) is 11.8. The minimum Gasteiger partial charge on any atom is -0.462 e. The SMILES string of the molecule is CC/C=C\C/C=C\C/C=C\C/C=C\CCCCCCC(=O)OCC(COP(=O)(O)OCC(O)COP(=O)(O)OCC(COC(=O)CCCCCCC/C=C\CCCCCC)OC(=O)CCCCCCCCCCCCCCC)OC(=O)CCCCCCCCCCCCC. The van der Waals surface area contributed by atoms with Crippen molar-refractivity contribution in [3.63, 3.8) is 0 Å². The van der Waals surface area contributed by atoms with Gasteiger partial charge in [0, 0.05) is 25.7 Å². The lowest BCUT2D eigenvalue weighted by atomic mass is 10.0. The van der Waals surface area contributed by atoms with E-state index < -0.39 is 97.5 Å². The maximum absolute atomic E-state index is 13.0. The number of hydrogen-bond acceptors (Lipinski definition) is 15. The molecular formula is C75H136O17P2. The Bertz CT molecular complexity index is 2030. The number of hydrogen-bond donors (Lipinski definition) is 3. The minimum absolute atomic E-state index is 0.0946. The van der Waals surface area contributed by atoms with Gasteiger partial charge in [-0.3, -0.25) is 37.3 Å². The fourth-order valence-electron chi connectivity index (χ4n) is 10.3. The Morgan fingerprint density at radius 3 is 0.872 bits per heavy atom. The van der Waals surface area contributed by atoms with E-state index in [0.29, 0.717) is 25.7 Å². The van der Waals surface area contributed by atoms with Crippen LogP contribution in [0.2, 0.25) is 0 Å². The molecule has 19 heteroatoms. The summed E-state index contributed by atoms with van der Waals surface area (Å²) in [6.07, 6.45) is 65.0. The predicted octanol–water partition coefficient (Wildman–Crippen LogP) is 21.1. The van der Waals surface area contributed by atoms with E-state index in [-0.39, 0.29) is 25.7 Å². The Labute approximate surface area is 571 Å². The molecular weight excluding hydrogens is 1230 g/mol. The van der Waals surface area contributed by atoms with Gasteiger partial charge in [-0.2, -0.15) is 0 Å². The van der Waals surface area contributed by atoms with E-state index in [2.05, 4.69) is 88.5 Å². The highest BCUT2D eigenvalue weighted by Crippen LogP contribution is 2.45. The van der Waals surface area contributed by atoms with Crippen molar-refractivity contribution in [2.24, 2.45) is 0 Å². The van der Waals surface area contributed by atoms with Crippen molar-refractivity contribution in [3.05, 3.63) is 60.8 Å². The molecule has 17 nitrogen and oxygen atoms in total. The molecule has 0 fully saturated rings. The first-order valence-corrected chi connectivity index (χ1v) is 40.5. The zero-order chi connectivity index (χ0) is 69.0. The second-order valence-electron chi connectivity index (χ2n) is 25.2. The summed E-state index contributed by atoms with van der Waals surface area (Å²) in [6, 6.07) is 0. The molecule has 0 saturated carbocycles. The molecule has 5 atom stereocenters. The predicted molar refractivity (Wildman–Crippen MR) is 381 cm³/mol. The van der Waals surface area contributed by atoms with Crippen LogP contribution in [-0.4, -0.2) is 96.7 Å². The average Bonchev–Trinajstić information content (AvgIpc) is 1.32. The maximum atomic E-state index is 13.0. The Balaban J connectivity index is 5.30. The largest absolute Gasteiger partial charge is 0.472 e. The molecule has 0 aromatic rings. The fraction of sp³-hybridized carbons (Fsp3) is 0.813. The zero-order valence-electron chi connectivity index (χ0n) is 59.6. The van der Waals surface area contributed by atoms with Crippen molar-refractivity contribution in [2.75, 3.05) is 39.6 Å². The van der Waals surface area contributed by atoms with Gasteiger partial charge in [-0.05, 0) is 89.9 Å². The summed E-state index contributed by atoms with van der Waals surface area (Å²) in [5.41, 5.74) is 0. The number of unbranched alkanes of at least 4 members (excludes halogenated alkanes) is 35.